The smallest absolute Gasteiger partial charge is 0.271 e. The molecule has 1 N–H and O–H groups in total. The third kappa shape index (κ3) is 4.21. The zero-order valence-electron chi connectivity index (χ0n) is 11.6. The maximum atomic E-state index is 11.8. The molecular formula is C15H10N3O5-. The molecule has 116 valence electrons. The highest BCUT2D eigenvalue weighted by atomic mass is 16.6. The normalized spacial score (nSPS) is 10.4. The first-order valence-electron chi connectivity index (χ1n) is 6.36. The predicted molar refractivity (Wildman–Crippen MR) is 78.9 cm³/mol. The summed E-state index contributed by atoms with van der Waals surface area (Å²) in [5.41, 5.74) is 2.73. The molecule has 0 unspecified atom stereocenters. The summed E-state index contributed by atoms with van der Waals surface area (Å²) in [7, 11) is 0. The van der Waals surface area contributed by atoms with Gasteiger partial charge in [-0.3, -0.25) is 14.9 Å². The molecule has 0 bridgehead atoms. The molecule has 2 aromatic rings. The number of nitrogens with one attached hydrogen (secondary N) is 1. The maximum Gasteiger partial charge on any atom is 0.271 e. The summed E-state index contributed by atoms with van der Waals surface area (Å²) >= 11 is 0. The summed E-state index contributed by atoms with van der Waals surface area (Å²) in [4.78, 5) is 32.5. The molecule has 1 amide bonds. The minimum absolute atomic E-state index is 0.0304. The molecule has 2 rings (SSSR count). The molecular weight excluding hydrogens is 302 g/mol. The second-order valence-electron chi connectivity index (χ2n) is 4.42. The molecule has 23 heavy (non-hydrogen) atoms. The van der Waals surface area contributed by atoms with Gasteiger partial charge in [0, 0.05) is 17.7 Å². The number of nitro groups is 1. The van der Waals surface area contributed by atoms with Crippen molar-refractivity contribution in [3.63, 3.8) is 0 Å². The number of hydrazone groups is 1. The second kappa shape index (κ2) is 6.94. The maximum absolute atomic E-state index is 11.8. The highest BCUT2D eigenvalue weighted by Gasteiger charge is 2.10. The zero-order valence-corrected chi connectivity index (χ0v) is 11.6. The highest BCUT2D eigenvalue weighted by molar-refractivity contribution is 5.95. The Balaban J connectivity index is 2.02. The first-order valence-corrected chi connectivity index (χ1v) is 6.36. The van der Waals surface area contributed by atoms with E-state index in [9.17, 15) is 24.8 Å². The van der Waals surface area contributed by atoms with Crippen LogP contribution in [0.4, 0.5) is 5.69 Å². The van der Waals surface area contributed by atoms with Crippen molar-refractivity contribution in [1.29, 1.82) is 0 Å². The molecule has 0 heterocycles. The summed E-state index contributed by atoms with van der Waals surface area (Å²) in [5, 5.41) is 25.0. The Morgan fingerprint density at radius 1 is 1.09 bits per heavy atom. The van der Waals surface area contributed by atoms with Gasteiger partial charge in [0.2, 0.25) is 0 Å². The van der Waals surface area contributed by atoms with Crippen molar-refractivity contribution in [1.82, 2.24) is 5.43 Å². The fourth-order valence-electron chi connectivity index (χ4n) is 1.70. The van der Waals surface area contributed by atoms with E-state index in [0.717, 1.165) is 6.07 Å². The van der Waals surface area contributed by atoms with Gasteiger partial charge >= 0.3 is 0 Å². The minimum atomic E-state index is -1.28. The van der Waals surface area contributed by atoms with Gasteiger partial charge in [-0.25, -0.2) is 5.43 Å². The number of benzene rings is 2. The fourth-order valence-corrected chi connectivity index (χ4v) is 1.70. The number of carbonyl (C=O) groups is 2. The van der Waals surface area contributed by atoms with E-state index in [1.54, 1.807) is 0 Å². The molecule has 0 saturated carbocycles. The first-order chi connectivity index (χ1) is 11.0. The number of non-ortho nitro benzene ring substituents is 1. The molecule has 0 fully saturated rings. The quantitative estimate of drug-likeness (QED) is 0.495. The van der Waals surface area contributed by atoms with Crippen molar-refractivity contribution in [3.8, 4) is 0 Å². The topological polar surface area (TPSA) is 125 Å². The van der Waals surface area contributed by atoms with Gasteiger partial charge in [-0.1, -0.05) is 30.3 Å². The monoisotopic (exact) mass is 312 g/mol. The largest absolute Gasteiger partial charge is 0.545 e. The molecule has 2 aromatic carbocycles. The van der Waals surface area contributed by atoms with Gasteiger partial charge in [-0.15, -0.1) is 0 Å². The van der Waals surface area contributed by atoms with Crippen molar-refractivity contribution in [2.24, 2.45) is 5.10 Å². The number of aromatic carboxylic acids is 1. The first kappa shape index (κ1) is 15.8. The summed E-state index contributed by atoms with van der Waals surface area (Å²) in [6.45, 7) is 0. The van der Waals surface area contributed by atoms with Crippen molar-refractivity contribution in [3.05, 3.63) is 75.3 Å². The molecule has 8 heteroatoms. The molecule has 0 aliphatic carbocycles. The van der Waals surface area contributed by atoms with E-state index in [1.165, 1.54) is 48.7 Å². The average Bonchev–Trinajstić information content (AvgIpc) is 2.55. The van der Waals surface area contributed by atoms with E-state index in [0.29, 0.717) is 5.56 Å². The number of rotatable bonds is 5. The summed E-state index contributed by atoms with van der Waals surface area (Å²) in [6.07, 6.45) is 1.31. The van der Waals surface area contributed by atoms with E-state index < -0.39 is 16.8 Å². The van der Waals surface area contributed by atoms with E-state index >= 15 is 0 Å². The lowest BCUT2D eigenvalue weighted by Crippen LogP contribution is -2.22. The third-order valence-electron chi connectivity index (χ3n) is 2.85. The van der Waals surface area contributed by atoms with Gasteiger partial charge in [0.05, 0.1) is 17.1 Å². The number of carboxylic acid groups (broad SMARTS) is 1. The van der Waals surface area contributed by atoms with E-state index in [-0.39, 0.29) is 16.8 Å². The van der Waals surface area contributed by atoms with Crippen LogP contribution in [0.5, 0.6) is 0 Å². The van der Waals surface area contributed by atoms with Crippen LogP contribution in [0, 0.1) is 10.1 Å². The molecule has 0 spiro atoms. The van der Waals surface area contributed by atoms with Crippen LogP contribution in [-0.2, 0) is 0 Å². The van der Waals surface area contributed by atoms with Crippen LogP contribution < -0.4 is 10.5 Å². The molecule has 0 radical (unpaired) electrons. The van der Waals surface area contributed by atoms with Crippen molar-refractivity contribution < 1.29 is 19.6 Å². The number of hydrogen-bond acceptors (Lipinski definition) is 6. The van der Waals surface area contributed by atoms with Crippen molar-refractivity contribution >= 4 is 23.8 Å². The van der Waals surface area contributed by atoms with Crippen LogP contribution in [0.25, 0.3) is 0 Å². The minimum Gasteiger partial charge on any atom is -0.545 e. The average molecular weight is 312 g/mol. The van der Waals surface area contributed by atoms with E-state index in [4.69, 9.17) is 0 Å². The number of hydrogen-bond donors (Lipinski definition) is 1. The SMILES string of the molecule is O=C([O-])c1ccc(C=NNC(=O)c2cccc([N+](=O)[O-])c2)cc1. The highest BCUT2D eigenvalue weighted by Crippen LogP contribution is 2.12. The van der Waals surface area contributed by atoms with Crippen LogP contribution in [0.1, 0.15) is 26.3 Å². The summed E-state index contributed by atoms with van der Waals surface area (Å²) in [6, 6.07) is 10.9. The van der Waals surface area contributed by atoms with Gasteiger partial charge in [0.15, 0.2) is 0 Å². The molecule has 0 aliphatic heterocycles. The Labute approximate surface area is 130 Å². The van der Waals surface area contributed by atoms with E-state index in [2.05, 4.69) is 10.5 Å². The van der Waals surface area contributed by atoms with Crippen molar-refractivity contribution in [2.45, 2.75) is 0 Å². The van der Waals surface area contributed by atoms with Crippen LogP contribution in [-0.4, -0.2) is 23.0 Å². The lowest BCUT2D eigenvalue weighted by Gasteiger charge is -2.02. The number of nitrogens with zero attached hydrogens (tertiary/aromatic N) is 2. The van der Waals surface area contributed by atoms with Gasteiger partial charge < -0.3 is 9.90 Å². The fraction of sp³-hybridized carbons (Fsp3) is 0. The zero-order chi connectivity index (χ0) is 16.8. The number of amides is 1. The van der Waals surface area contributed by atoms with Gasteiger partial charge in [-0.2, -0.15) is 5.10 Å². The predicted octanol–water partition coefficient (Wildman–Crippen LogP) is 0.722. The molecule has 0 aliphatic rings. The molecule has 0 aromatic heterocycles. The van der Waals surface area contributed by atoms with Gasteiger partial charge in [0.25, 0.3) is 11.6 Å². The summed E-state index contributed by atoms with van der Waals surface area (Å²) < 4.78 is 0. The van der Waals surface area contributed by atoms with Gasteiger partial charge in [-0.05, 0) is 17.2 Å². The number of carbonyl (C=O) groups excluding carboxylic acids is 2. The Hall–Kier alpha value is -3.55. The second-order valence-corrected chi connectivity index (χ2v) is 4.42. The van der Waals surface area contributed by atoms with Crippen LogP contribution in [0.2, 0.25) is 0 Å². The Bertz CT molecular complexity index is 784. The number of nitro benzene ring substituents is 1. The van der Waals surface area contributed by atoms with E-state index in [1.807, 2.05) is 0 Å². The lowest BCUT2D eigenvalue weighted by atomic mass is 10.1. The molecule has 0 saturated heterocycles. The van der Waals surface area contributed by atoms with Crippen LogP contribution in [0.3, 0.4) is 0 Å². The van der Waals surface area contributed by atoms with Crippen LogP contribution in [0.15, 0.2) is 53.6 Å². The van der Waals surface area contributed by atoms with Crippen molar-refractivity contribution in [2.75, 3.05) is 0 Å². The standard InChI is InChI=1S/C15H11N3O5/c19-14(12-2-1-3-13(8-12)18(22)23)17-16-9-10-4-6-11(7-5-10)15(20)21/h1-9H,(H,17,19)(H,20,21)/p-1. The Morgan fingerprint density at radius 3 is 2.39 bits per heavy atom. The lowest BCUT2D eigenvalue weighted by molar-refractivity contribution is -0.384. The third-order valence-corrected chi connectivity index (χ3v) is 2.85. The molecule has 8 nitrogen and oxygen atoms in total. The molecule has 0 atom stereocenters. The Kier molecular flexibility index (Phi) is 4.78. The number of carboxylic acids is 1. The van der Waals surface area contributed by atoms with Gasteiger partial charge in [0.1, 0.15) is 0 Å². The Morgan fingerprint density at radius 2 is 1.78 bits per heavy atom. The van der Waals surface area contributed by atoms with Crippen LogP contribution >= 0.6 is 0 Å². The summed E-state index contributed by atoms with van der Waals surface area (Å²) in [5.74, 6) is -1.89.